The van der Waals surface area contributed by atoms with Crippen molar-refractivity contribution < 1.29 is 23.1 Å². The Morgan fingerprint density at radius 3 is 2.80 bits per heavy atom. The van der Waals surface area contributed by atoms with Crippen LogP contribution >= 0.6 is 11.3 Å². The number of carbonyl (C=O) groups is 1. The summed E-state index contributed by atoms with van der Waals surface area (Å²) in [5, 5.41) is 17.8. The fourth-order valence-corrected chi connectivity index (χ4v) is 4.64. The number of nitriles is 1. The molecular weight excluding hydrogens is 304 g/mol. The van der Waals surface area contributed by atoms with E-state index in [1.54, 1.807) is 0 Å². The van der Waals surface area contributed by atoms with E-state index in [1.807, 2.05) is 6.07 Å². The van der Waals surface area contributed by atoms with E-state index >= 15 is 0 Å². The van der Waals surface area contributed by atoms with Crippen LogP contribution in [0.5, 0.6) is 0 Å². The molecule has 2 atom stereocenters. The fourth-order valence-electron chi connectivity index (χ4n) is 1.98. The lowest BCUT2D eigenvalue weighted by molar-refractivity contribution is -0.142. The monoisotopic (exact) mass is 316 g/mol. The minimum Gasteiger partial charge on any atom is -0.481 e. The van der Waals surface area contributed by atoms with Gasteiger partial charge < -0.3 is 9.84 Å². The van der Waals surface area contributed by atoms with Crippen LogP contribution in [0.4, 0.5) is 0 Å². The van der Waals surface area contributed by atoms with Crippen LogP contribution in [0.2, 0.25) is 0 Å². The molecule has 2 unspecified atom stereocenters. The van der Waals surface area contributed by atoms with Crippen LogP contribution in [0.25, 0.3) is 0 Å². The molecular formula is C11H12N2O5S2. The van der Waals surface area contributed by atoms with Crippen molar-refractivity contribution in [1.82, 2.24) is 4.31 Å². The second-order valence-corrected chi connectivity index (χ2v) is 7.61. The third-order valence-electron chi connectivity index (χ3n) is 3.16. The number of hydrogen-bond donors (Lipinski definition) is 1. The van der Waals surface area contributed by atoms with Crippen molar-refractivity contribution in [3.8, 4) is 6.07 Å². The van der Waals surface area contributed by atoms with E-state index in [-0.39, 0.29) is 22.3 Å². The molecule has 1 aromatic rings. The van der Waals surface area contributed by atoms with Crippen LogP contribution in [0.15, 0.2) is 16.3 Å². The summed E-state index contributed by atoms with van der Waals surface area (Å²) in [5.74, 6) is -1.97. The Morgan fingerprint density at radius 1 is 1.55 bits per heavy atom. The summed E-state index contributed by atoms with van der Waals surface area (Å²) in [6, 6.07) is 3.90. The van der Waals surface area contributed by atoms with E-state index in [0.29, 0.717) is 0 Å². The Kier molecular flexibility index (Phi) is 4.10. The molecule has 0 radical (unpaired) electrons. The number of thiophene rings is 1. The first-order valence-corrected chi connectivity index (χ1v) is 7.92. The lowest BCUT2D eigenvalue weighted by Crippen LogP contribution is -2.43. The highest BCUT2D eigenvalue weighted by Crippen LogP contribution is 2.28. The second kappa shape index (κ2) is 5.49. The highest BCUT2D eigenvalue weighted by atomic mass is 32.2. The summed E-state index contributed by atoms with van der Waals surface area (Å²) in [4.78, 5) is 11.4. The average Bonchev–Trinajstić information content (AvgIpc) is 3.06. The molecule has 1 aromatic heterocycles. The van der Waals surface area contributed by atoms with E-state index in [0.717, 1.165) is 15.6 Å². The van der Waals surface area contributed by atoms with Crippen LogP contribution in [0.3, 0.4) is 0 Å². The SMILES string of the molecule is CN(C1COCC1C(=O)O)S(=O)(=O)c1ccc(C#N)s1. The van der Waals surface area contributed by atoms with Crippen LogP contribution in [-0.4, -0.2) is 50.1 Å². The first-order valence-electron chi connectivity index (χ1n) is 5.66. The number of carboxylic acid groups (broad SMARTS) is 1. The van der Waals surface area contributed by atoms with E-state index < -0.39 is 28.0 Å². The highest BCUT2D eigenvalue weighted by Gasteiger charge is 2.41. The van der Waals surface area contributed by atoms with Gasteiger partial charge >= 0.3 is 5.97 Å². The number of rotatable bonds is 4. The van der Waals surface area contributed by atoms with Crippen LogP contribution in [0, 0.1) is 17.2 Å². The molecule has 7 nitrogen and oxygen atoms in total. The molecule has 9 heteroatoms. The van der Waals surface area contributed by atoms with E-state index in [9.17, 15) is 13.2 Å². The van der Waals surface area contributed by atoms with Crippen molar-refractivity contribution in [2.24, 2.45) is 5.92 Å². The molecule has 0 amide bonds. The molecule has 0 spiro atoms. The quantitative estimate of drug-likeness (QED) is 0.858. The van der Waals surface area contributed by atoms with Gasteiger partial charge in [0.25, 0.3) is 10.0 Å². The van der Waals surface area contributed by atoms with Gasteiger partial charge in [0.1, 0.15) is 15.2 Å². The third kappa shape index (κ3) is 2.55. The van der Waals surface area contributed by atoms with Gasteiger partial charge in [-0.25, -0.2) is 8.42 Å². The molecule has 108 valence electrons. The molecule has 0 aliphatic carbocycles. The largest absolute Gasteiger partial charge is 0.481 e. The van der Waals surface area contributed by atoms with Gasteiger partial charge in [-0.15, -0.1) is 11.3 Å². The zero-order chi connectivity index (χ0) is 14.9. The van der Waals surface area contributed by atoms with Crippen LogP contribution in [0.1, 0.15) is 4.88 Å². The summed E-state index contributed by atoms with van der Waals surface area (Å²) >= 11 is 0.858. The second-order valence-electron chi connectivity index (χ2n) is 4.30. The molecule has 1 aliphatic rings. The lowest BCUT2D eigenvalue weighted by atomic mass is 10.1. The Morgan fingerprint density at radius 2 is 2.25 bits per heavy atom. The van der Waals surface area contributed by atoms with E-state index in [2.05, 4.69) is 0 Å². The van der Waals surface area contributed by atoms with Gasteiger partial charge in [-0.2, -0.15) is 9.57 Å². The predicted octanol–water partition coefficient (Wildman–Crippen LogP) is 0.340. The normalized spacial score (nSPS) is 22.9. The predicted molar refractivity (Wildman–Crippen MR) is 69.7 cm³/mol. The molecule has 1 N–H and O–H groups in total. The molecule has 0 bridgehead atoms. The number of likely N-dealkylation sites (N-methyl/N-ethyl adjacent to an activating group) is 1. The molecule has 2 heterocycles. The Balaban J connectivity index is 2.29. The van der Waals surface area contributed by atoms with Gasteiger partial charge in [0.05, 0.1) is 25.2 Å². The average molecular weight is 316 g/mol. The number of aliphatic carboxylic acids is 1. The van der Waals surface area contributed by atoms with Crippen molar-refractivity contribution in [3.05, 3.63) is 17.0 Å². The summed E-state index contributed by atoms with van der Waals surface area (Å²) < 4.78 is 30.9. The van der Waals surface area contributed by atoms with E-state index in [1.165, 1.54) is 19.2 Å². The Hall–Kier alpha value is -1.47. The summed E-state index contributed by atoms with van der Waals surface area (Å²) in [6.07, 6.45) is 0. The van der Waals surface area contributed by atoms with Gasteiger partial charge in [-0.3, -0.25) is 4.79 Å². The maximum atomic E-state index is 12.4. The maximum Gasteiger partial charge on any atom is 0.310 e. The van der Waals surface area contributed by atoms with Gasteiger partial charge in [0, 0.05) is 7.05 Å². The standard InChI is InChI=1S/C11H12N2O5S2/c1-13(9-6-18-5-8(9)11(14)15)20(16,17)10-3-2-7(4-12)19-10/h2-3,8-9H,5-6H2,1H3,(H,14,15). The Labute approximate surface area is 120 Å². The van der Waals surface area contributed by atoms with Crippen molar-refractivity contribution in [2.45, 2.75) is 10.3 Å². The first kappa shape index (κ1) is 14.9. The number of ether oxygens (including phenoxy) is 1. The molecule has 1 aliphatic heterocycles. The Bertz CT molecular complexity index is 661. The summed E-state index contributed by atoms with van der Waals surface area (Å²) in [6.45, 7) is 0.0386. The molecule has 20 heavy (non-hydrogen) atoms. The van der Waals surface area contributed by atoms with Crippen molar-refractivity contribution in [2.75, 3.05) is 20.3 Å². The number of hydrogen-bond acceptors (Lipinski definition) is 6. The molecule has 0 saturated carbocycles. The van der Waals surface area contributed by atoms with Gasteiger partial charge in [0.2, 0.25) is 0 Å². The highest BCUT2D eigenvalue weighted by molar-refractivity contribution is 7.91. The molecule has 1 fully saturated rings. The zero-order valence-electron chi connectivity index (χ0n) is 10.5. The lowest BCUT2D eigenvalue weighted by Gasteiger charge is -2.24. The van der Waals surface area contributed by atoms with Gasteiger partial charge in [-0.05, 0) is 12.1 Å². The topological polar surface area (TPSA) is 108 Å². The van der Waals surface area contributed by atoms with Gasteiger partial charge in [-0.1, -0.05) is 0 Å². The number of nitrogens with zero attached hydrogens (tertiary/aromatic N) is 2. The van der Waals surface area contributed by atoms with Crippen molar-refractivity contribution >= 4 is 27.3 Å². The van der Waals surface area contributed by atoms with Crippen molar-refractivity contribution in [1.29, 1.82) is 5.26 Å². The zero-order valence-corrected chi connectivity index (χ0v) is 12.1. The number of sulfonamides is 1. The minimum absolute atomic E-state index is 0.00620. The molecule has 2 rings (SSSR count). The summed E-state index contributed by atoms with van der Waals surface area (Å²) in [5.41, 5.74) is 0. The molecule has 1 saturated heterocycles. The fraction of sp³-hybridized carbons (Fsp3) is 0.455. The van der Waals surface area contributed by atoms with Crippen LogP contribution in [-0.2, 0) is 19.6 Å². The summed E-state index contributed by atoms with van der Waals surface area (Å²) in [7, 11) is -2.49. The van der Waals surface area contributed by atoms with Crippen LogP contribution < -0.4 is 0 Å². The third-order valence-corrected chi connectivity index (χ3v) is 6.50. The van der Waals surface area contributed by atoms with Crippen molar-refractivity contribution in [3.63, 3.8) is 0 Å². The molecule has 0 aromatic carbocycles. The van der Waals surface area contributed by atoms with E-state index in [4.69, 9.17) is 15.1 Å². The van der Waals surface area contributed by atoms with Gasteiger partial charge in [0.15, 0.2) is 0 Å². The smallest absolute Gasteiger partial charge is 0.310 e. The maximum absolute atomic E-state index is 12.4. The number of carboxylic acids is 1. The minimum atomic E-state index is -3.82. The first-order chi connectivity index (χ1) is 9.37.